The van der Waals surface area contributed by atoms with Gasteiger partial charge in [0.05, 0.1) is 39.6 Å². The molecule has 0 radical (unpaired) electrons. The molecule has 142 valence electrons. The van der Waals surface area contributed by atoms with E-state index in [1.54, 1.807) is 0 Å². The Bertz CT molecular complexity index is 502. The van der Waals surface area contributed by atoms with Gasteiger partial charge in [-0.3, -0.25) is 0 Å². The molecule has 3 saturated carbocycles. The van der Waals surface area contributed by atoms with Crippen molar-refractivity contribution in [2.45, 2.75) is 58.2 Å². The van der Waals surface area contributed by atoms with Crippen molar-refractivity contribution < 1.29 is 18.9 Å². The molecular weight excluding hydrogens is 316 g/mol. The average molecular weight is 350 g/mol. The first-order valence-electron chi connectivity index (χ1n) is 10.4. The highest BCUT2D eigenvalue weighted by Gasteiger charge is 2.60. The minimum atomic E-state index is 0.365. The molecule has 2 saturated heterocycles. The number of fused-ring (bicyclic) bond motifs is 5. The van der Waals surface area contributed by atoms with Crippen LogP contribution in [0, 0.1) is 34.5 Å². The third-order valence-corrected chi connectivity index (χ3v) is 7.96. The zero-order valence-corrected chi connectivity index (χ0v) is 15.9. The molecule has 4 nitrogen and oxygen atoms in total. The second-order valence-corrected chi connectivity index (χ2v) is 10.3. The third-order valence-electron chi connectivity index (χ3n) is 7.96. The largest absolute Gasteiger partial charge is 0.378 e. The van der Waals surface area contributed by atoms with Crippen molar-refractivity contribution in [2.75, 3.05) is 39.6 Å². The first-order chi connectivity index (χ1) is 12.0. The molecule has 8 unspecified atom stereocenters. The molecule has 5 fully saturated rings. The molecule has 5 rings (SSSR count). The van der Waals surface area contributed by atoms with Crippen molar-refractivity contribution in [3.05, 3.63) is 0 Å². The lowest BCUT2D eigenvalue weighted by atomic mass is 9.57. The highest BCUT2D eigenvalue weighted by atomic mass is 16.6. The highest BCUT2D eigenvalue weighted by Crippen LogP contribution is 2.66. The first-order valence-corrected chi connectivity index (χ1v) is 10.4. The third kappa shape index (κ3) is 3.40. The van der Waals surface area contributed by atoms with Crippen LogP contribution in [0.2, 0.25) is 0 Å². The molecule has 0 aromatic carbocycles. The summed E-state index contributed by atoms with van der Waals surface area (Å²) in [6, 6.07) is 0. The zero-order chi connectivity index (χ0) is 17.1. The summed E-state index contributed by atoms with van der Waals surface area (Å²) >= 11 is 0. The van der Waals surface area contributed by atoms with Crippen LogP contribution >= 0.6 is 0 Å². The van der Waals surface area contributed by atoms with E-state index >= 15 is 0 Å². The van der Waals surface area contributed by atoms with E-state index in [-0.39, 0.29) is 0 Å². The smallest absolute Gasteiger partial charge is 0.104 e. The van der Waals surface area contributed by atoms with Gasteiger partial charge in [0.1, 0.15) is 12.2 Å². The highest BCUT2D eigenvalue weighted by molar-refractivity contribution is 5.09. The molecule has 25 heavy (non-hydrogen) atoms. The molecule has 0 N–H and O–H groups in total. The molecule has 5 aliphatic rings. The number of rotatable bonds is 8. The molecule has 8 atom stereocenters. The second-order valence-electron chi connectivity index (χ2n) is 10.3. The summed E-state index contributed by atoms with van der Waals surface area (Å²) < 4.78 is 22.6. The van der Waals surface area contributed by atoms with Crippen molar-refractivity contribution >= 4 is 0 Å². The van der Waals surface area contributed by atoms with E-state index in [0.29, 0.717) is 23.0 Å². The van der Waals surface area contributed by atoms with Crippen LogP contribution in [-0.4, -0.2) is 51.8 Å². The Balaban J connectivity index is 1.19. The van der Waals surface area contributed by atoms with E-state index < -0.39 is 0 Å². The molecule has 0 amide bonds. The number of ether oxygens (including phenoxy) is 4. The molecule has 2 aliphatic heterocycles. The monoisotopic (exact) mass is 350 g/mol. The average Bonchev–Trinajstić information content (AvgIpc) is 3.48. The predicted molar refractivity (Wildman–Crippen MR) is 94.4 cm³/mol. The van der Waals surface area contributed by atoms with Gasteiger partial charge < -0.3 is 18.9 Å². The van der Waals surface area contributed by atoms with Gasteiger partial charge in [-0.1, -0.05) is 13.8 Å². The maximum absolute atomic E-state index is 6.06. The maximum Gasteiger partial charge on any atom is 0.104 e. The van der Waals surface area contributed by atoms with Crippen LogP contribution in [0.1, 0.15) is 46.0 Å². The van der Waals surface area contributed by atoms with Gasteiger partial charge in [-0.25, -0.2) is 0 Å². The summed E-state index contributed by atoms with van der Waals surface area (Å²) in [4.78, 5) is 0. The molecule has 4 heteroatoms. The van der Waals surface area contributed by atoms with Gasteiger partial charge in [0.2, 0.25) is 0 Å². The van der Waals surface area contributed by atoms with Crippen molar-refractivity contribution in [3.8, 4) is 0 Å². The summed E-state index contributed by atoms with van der Waals surface area (Å²) in [6.07, 6.45) is 7.72. The second kappa shape index (κ2) is 6.19. The van der Waals surface area contributed by atoms with Gasteiger partial charge in [0, 0.05) is 0 Å². The van der Waals surface area contributed by atoms with Crippen molar-refractivity contribution in [2.24, 2.45) is 34.5 Å². The van der Waals surface area contributed by atoms with Crippen LogP contribution in [-0.2, 0) is 18.9 Å². The summed E-state index contributed by atoms with van der Waals surface area (Å²) in [5.74, 6) is 3.67. The summed E-state index contributed by atoms with van der Waals surface area (Å²) in [5, 5.41) is 0. The quantitative estimate of drug-likeness (QED) is 0.630. The van der Waals surface area contributed by atoms with Crippen LogP contribution in [0.25, 0.3) is 0 Å². The topological polar surface area (TPSA) is 43.5 Å². The van der Waals surface area contributed by atoms with Crippen LogP contribution in [0.3, 0.4) is 0 Å². The Labute approximate surface area is 151 Å². The fraction of sp³-hybridized carbons (Fsp3) is 1.00. The fourth-order valence-electron chi connectivity index (χ4n) is 6.53. The Morgan fingerprint density at radius 3 is 2.28 bits per heavy atom. The van der Waals surface area contributed by atoms with E-state index in [1.807, 2.05) is 0 Å². The molecule has 0 aromatic heterocycles. The molecule has 0 aromatic rings. The Morgan fingerprint density at radius 1 is 0.920 bits per heavy atom. The van der Waals surface area contributed by atoms with Gasteiger partial charge in [-0.15, -0.1) is 0 Å². The number of hydrogen-bond acceptors (Lipinski definition) is 4. The maximum atomic E-state index is 6.06. The number of hydrogen-bond donors (Lipinski definition) is 0. The fourth-order valence-corrected chi connectivity index (χ4v) is 6.53. The van der Waals surface area contributed by atoms with E-state index in [2.05, 4.69) is 13.8 Å². The summed E-state index contributed by atoms with van der Waals surface area (Å²) in [5.41, 5.74) is 0.756. The zero-order valence-electron chi connectivity index (χ0n) is 15.9. The molecule has 2 heterocycles. The van der Waals surface area contributed by atoms with Gasteiger partial charge in [0.25, 0.3) is 0 Å². The van der Waals surface area contributed by atoms with Gasteiger partial charge >= 0.3 is 0 Å². The SMILES string of the molecule is CC1(COCC2CO2)CCC2C3CC(C2C1)C(C)(COCC1CO1)C3. The predicted octanol–water partition coefficient (Wildman–Crippen LogP) is 3.29. The van der Waals surface area contributed by atoms with Crippen LogP contribution in [0.4, 0.5) is 0 Å². The minimum Gasteiger partial charge on any atom is -0.378 e. The van der Waals surface area contributed by atoms with Crippen molar-refractivity contribution in [3.63, 3.8) is 0 Å². The molecule has 0 spiro atoms. The lowest BCUT2D eigenvalue weighted by Crippen LogP contribution is -2.44. The molecular formula is C21H34O4. The standard InChI is InChI=1S/C21H34O4/c1-20(12-22-8-15-10-24-15)4-3-17-14-5-19(18(17)7-20)21(2,6-14)13-23-9-16-11-25-16/h14-19H,3-13H2,1-2H3. The minimum absolute atomic E-state index is 0.365. The lowest BCUT2D eigenvalue weighted by molar-refractivity contribution is -0.0630. The van der Waals surface area contributed by atoms with Crippen LogP contribution in [0.15, 0.2) is 0 Å². The Hall–Kier alpha value is -0.160. The van der Waals surface area contributed by atoms with E-state index in [1.165, 1.54) is 32.1 Å². The van der Waals surface area contributed by atoms with Crippen LogP contribution in [0.5, 0.6) is 0 Å². The van der Waals surface area contributed by atoms with E-state index in [9.17, 15) is 0 Å². The first kappa shape index (κ1) is 17.0. The van der Waals surface area contributed by atoms with Gasteiger partial charge in [-0.2, -0.15) is 0 Å². The molecule has 3 aliphatic carbocycles. The van der Waals surface area contributed by atoms with Crippen molar-refractivity contribution in [1.82, 2.24) is 0 Å². The lowest BCUT2D eigenvalue weighted by Gasteiger charge is -2.49. The Kier molecular flexibility index (Phi) is 4.20. The van der Waals surface area contributed by atoms with Crippen LogP contribution < -0.4 is 0 Å². The summed E-state index contributed by atoms with van der Waals surface area (Å²) in [7, 11) is 0. The van der Waals surface area contributed by atoms with Gasteiger partial charge in [-0.05, 0) is 66.6 Å². The van der Waals surface area contributed by atoms with Gasteiger partial charge in [0.15, 0.2) is 0 Å². The van der Waals surface area contributed by atoms with E-state index in [4.69, 9.17) is 18.9 Å². The van der Waals surface area contributed by atoms with Crippen molar-refractivity contribution in [1.29, 1.82) is 0 Å². The summed E-state index contributed by atoms with van der Waals surface area (Å²) in [6.45, 7) is 10.2. The number of epoxide rings is 2. The molecule has 2 bridgehead atoms. The Morgan fingerprint density at radius 2 is 1.60 bits per heavy atom. The van der Waals surface area contributed by atoms with E-state index in [0.717, 1.165) is 63.3 Å². The normalized spacial score (nSPS) is 53.0.